The van der Waals surface area contributed by atoms with Gasteiger partial charge in [0.05, 0.1) is 0 Å². The first-order valence-electron chi connectivity index (χ1n) is 5.51. The van der Waals surface area contributed by atoms with Crippen LogP contribution in [0.15, 0.2) is 18.5 Å². The Morgan fingerprint density at radius 3 is 3.00 bits per heavy atom. The standard InChI is InChI=1S/C12H19N3O/c1-9-7-14-6-5-11(9)8-15-12(16)4-3-10(2)13/h5-7,10H,3-4,8,13H2,1-2H3,(H,15,16). The predicted molar refractivity (Wildman–Crippen MR) is 63.7 cm³/mol. The van der Waals surface area contributed by atoms with E-state index < -0.39 is 0 Å². The molecule has 16 heavy (non-hydrogen) atoms. The van der Waals surface area contributed by atoms with Crippen molar-refractivity contribution in [3.63, 3.8) is 0 Å². The molecular formula is C12H19N3O. The second-order valence-corrected chi connectivity index (χ2v) is 4.09. The Labute approximate surface area is 96.3 Å². The maximum atomic E-state index is 11.4. The zero-order valence-corrected chi connectivity index (χ0v) is 9.86. The Morgan fingerprint density at radius 2 is 2.38 bits per heavy atom. The number of hydrogen-bond donors (Lipinski definition) is 2. The smallest absolute Gasteiger partial charge is 0.220 e. The van der Waals surface area contributed by atoms with E-state index in [4.69, 9.17) is 5.73 Å². The summed E-state index contributed by atoms with van der Waals surface area (Å²) in [4.78, 5) is 15.5. The molecule has 1 heterocycles. The number of carbonyl (C=O) groups excluding carboxylic acids is 1. The molecule has 0 aliphatic heterocycles. The van der Waals surface area contributed by atoms with Crippen molar-refractivity contribution in [2.45, 2.75) is 39.3 Å². The Kier molecular flexibility index (Phi) is 4.92. The van der Waals surface area contributed by atoms with Gasteiger partial charge < -0.3 is 11.1 Å². The van der Waals surface area contributed by atoms with E-state index in [0.29, 0.717) is 13.0 Å². The second-order valence-electron chi connectivity index (χ2n) is 4.09. The van der Waals surface area contributed by atoms with E-state index in [1.54, 1.807) is 12.4 Å². The quantitative estimate of drug-likeness (QED) is 0.783. The summed E-state index contributed by atoms with van der Waals surface area (Å²) in [5, 5.41) is 2.87. The Balaban J connectivity index is 2.35. The number of nitrogens with two attached hydrogens (primary N) is 1. The third kappa shape index (κ3) is 4.40. The van der Waals surface area contributed by atoms with Crippen LogP contribution < -0.4 is 11.1 Å². The average molecular weight is 221 g/mol. The molecule has 4 heteroatoms. The number of pyridine rings is 1. The summed E-state index contributed by atoms with van der Waals surface area (Å²) in [6, 6.07) is 2.00. The van der Waals surface area contributed by atoms with E-state index in [2.05, 4.69) is 10.3 Å². The number of aromatic nitrogens is 1. The van der Waals surface area contributed by atoms with Crippen molar-refractivity contribution >= 4 is 5.91 Å². The summed E-state index contributed by atoms with van der Waals surface area (Å²) < 4.78 is 0. The number of rotatable bonds is 5. The van der Waals surface area contributed by atoms with Gasteiger partial charge in [-0.25, -0.2) is 0 Å². The second kappa shape index (κ2) is 6.23. The first-order chi connectivity index (χ1) is 7.59. The van der Waals surface area contributed by atoms with Crippen LogP contribution in [-0.2, 0) is 11.3 Å². The molecule has 1 rings (SSSR count). The molecule has 0 bridgehead atoms. The van der Waals surface area contributed by atoms with E-state index in [-0.39, 0.29) is 11.9 Å². The molecule has 1 aromatic rings. The molecule has 0 aromatic carbocycles. The van der Waals surface area contributed by atoms with Crippen LogP contribution in [-0.4, -0.2) is 16.9 Å². The maximum Gasteiger partial charge on any atom is 0.220 e. The predicted octanol–water partition coefficient (Wildman–Crippen LogP) is 1.13. The number of hydrogen-bond acceptors (Lipinski definition) is 3. The van der Waals surface area contributed by atoms with Crippen molar-refractivity contribution in [3.8, 4) is 0 Å². The molecule has 88 valence electrons. The van der Waals surface area contributed by atoms with Crippen LogP contribution in [0.25, 0.3) is 0 Å². The summed E-state index contributed by atoms with van der Waals surface area (Å²) in [5.74, 6) is 0.0495. The highest BCUT2D eigenvalue weighted by Crippen LogP contribution is 2.04. The summed E-state index contributed by atoms with van der Waals surface area (Å²) in [6.45, 7) is 4.45. The molecule has 1 unspecified atom stereocenters. The summed E-state index contributed by atoms with van der Waals surface area (Å²) in [5.41, 5.74) is 7.78. The van der Waals surface area contributed by atoms with Gasteiger partial charge in [-0.1, -0.05) is 0 Å². The molecule has 1 atom stereocenters. The fourth-order valence-corrected chi connectivity index (χ4v) is 1.34. The Hall–Kier alpha value is -1.42. The lowest BCUT2D eigenvalue weighted by molar-refractivity contribution is -0.121. The minimum absolute atomic E-state index is 0.0495. The van der Waals surface area contributed by atoms with Crippen molar-refractivity contribution in [2.24, 2.45) is 5.73 Å². The topological polar surface area (TPSA) is 68.0 Å². The summed E-state index contributed by atoms with van der Waals surface area (Å²) in [7, 11) is 0. The first kappa shape index (κ1) is 12.6. The molecule has 0 saturated heterocycles. The van der Waals surface area contributed by atoms with E-state index in [1.807, 2.05) is 19.9 Å². The van der Waals surface area contributed by atoms with Crippen molar-refractivity contribution in [3.05, 3.63) is 29.6 Å². The normalized spacial score (nSPS) is 12.2. The third-order valence-electron chi connectivity index (χ3n) is 2.44. The molecule has 0 aliphatic rings. The monoisotopic (exact) mass is 221 g/mol. The average Bonchev–Trinajstić information content (AvgIpc) is 2.25. The van der Waals surface area contributed by atoms with Crippen molar-refractivity contribution in [2.75, 3.05) is 0 Å². The zero-order chi connectivity index (χ0) is 12.0. The highest BCUT2D eigenvalue weighted by atomic mass is 16.1. The van der Waals surface area contributed by atoms with Gasteiger partial charge in [-0.15, -0.1) is 0 Å². The van der Waals surface area contributed by atoms with Gasteiger partial charge in [0.2, 0.25) is 5.91 Å². The van der Waals surface area contributed by atoms with Crippen LogP contribution in [0, 0.1) is 6.92 Å². The first-order valence-corrected chi connectivity index (χ1v) is 5.51. The third-order valence-corrected chi connectivity index (χ3v) is 2.44. The van der Waals surface area contributed by atoms with Crippen molar-refractivity contribution in [1.82, 2.24) is 10.3 Å². The van der Waals surface area contributed by atoms with Crippen LogP contribution in [0.3, 0.4) is 0 Å². The van der Waals surface area contributed by atoms with Crippen LogP contribution in [0.1, 0.15) is 30.9 Å². The lowest BCUT2D eigenvalue weighted by Gasteiger charge is -2.08. The molecule has 1 amide bonds. The molecule has 4 nitrogen and oxygen atoms in total. The fourth-order valence-electron chi connectivity index (χ4n) is 1.34. The summed E-state index contributed by atoms with van der Waals surface area (Å²) in [6.07, 6.45) is 4.74. The van der Waals surface area contributed by atoms with Crippen LogP contribution in [0.5, 0.6) is 0 Å². The summed E-state index contributed by atoms with van der Waals surface area (Å²) >= 11 is 0. The largest absolute Gasteiger partial charge is 0.352 e. The van der Waals surface area contributed by atoms with Crippen LogP contribution >= 0.6 is 0 Å². The van der Waals surface area contributed by atoms with E-state index >= 15 is 0 Å². The van der Waals surface area contributed by atoms with Gasteiger partial charge in [0.25, 0.3) is 0 Å². The fraction of sp³-hybridized carbons (Fsp3) is 0.500. The van der Waals surface area contributed by atoms with Crippen molar-refractivity contribution < 1.29 is 4.79 Å². The molecule has 0 radical (unpaired) electrons. The molecule has 0 saturated carbocycles. The van der Waals surface area contributed by atoms with E-state index in [9.17, 15) is 4.79 Å². The Bertz CT molecular complexity index is 350. The molecular weight excluding hydrogens is 202 g/mol. The van der Waals surface area contributed by atoms with Crippen LogP contribution in [0.4, 0.5) is 0 Å². The van der Waals surface area contributed by atoms with Gasteiger partial charge >= 0.3 is 0 Å². The Morgan fingerprint density at radius 1 is 1.62 bits per heavy atom. The number of carbonyl (C=O) groups is 1. The molecule has 1 aromatic heterocycles. The molecule has 0 spiro atoms. The maximum absolute atomic E-state index is 11.4. The number of nitrogens with one attached hydrogen (secondary N) is 1. The lowest BCUT2D eigenvalue weighted by Crippen LogP contribution is -2.25. The minimum atomic E-state index is 0.0495. The van der Waals surface area contributed by atoms with E-state index in [0.717, 1.165) is 17.5 Å². The van der Waals surface area contributed by atoms with Gasteiger partial charge in [0.1, 0.15) is 0 Å². The number of aryl methyl sites for hydroxylation is 1. The molecule has 0 aliphatic carbocycles. The van der Waals surface area contributed by atoms with Gasteiger partial charge in [-0.3, -0.25) is 9.78 Å². The zero-order valence-electron chi connectivity index (χ0n) is 9.86. The molecule has 0 fully saturated rings. The van der Waals surface area contributed by atoms with Crippen molar-refractivity contribution in [1.29, 1.82) is 0 Å². The van der Waals surface area contributed by atoms with Gasteiger partial charge in [-0.05, 0) is 37.5 Å². The van der Waals surface area contributed by atoms with Crippen LogP contribution in [0.2, 0.25) is 0 Å². The number of amides is 1. The SMILES string of the molecule is Cc1cnccc1CNC(=O)CCC(C)N. The van der Waals surface area contributed by atoms with E-state index in [1.165, 1.54) is 0 Å². The highest BCUT2D eigenvalue weighted by molar-refractivity contribution is 5.75. The molecule has 3 N–H and O–H groups in total. The minimum Gasteiger partial charge on any atom is -0.352 e. The van der Waals surface area contributed by atoms with Gasteiger partial charge in [0, 0.05) is 31.4 Å². The highest BCUT2D eigenvalue weighted by Gasteiger charge is 2.04. The lowest BCUT2D eigenvalue weighted by atomic mass is 10.1. The van der Waals surface area contributed by atoms with Gasteiger partial charge in [-0.2, -0.15) is 0 Å². The number of nitrogens with zero attached hydrogens (tertiary/aromatic N) is 1. The van der Waals surface area contributed by atoms with Gasteiger partial charge in [0.15, 0.2) is 0 Å².